The van der Waals surface area contributed by atoms with Crippen molar-refractivity contribution in [3.8, 4) is 0 Å². The number of rotatable bonds is 2. The van der Waals surface area contributed by atoms with Crippen LogP contribution in [0, 0.1) is 0 Å². The van der Waals surface area contributed by atoms with Crippen molar-refractivity contribution in [1.29, 1.82) is 0 Å². The van der Waals surface area contributed by atoms with Crippen molar-refractivity contribution in [2.45, 2.75) is 20.0 Å². The Morgan fingerprint density at radius 2 is 2.25 bits per heavy atom. The molecule has 0 aliphatic rings. The summed E-state index contributed by atoms with van der Waals surface area (Å²) in [5.41, 5.74) is 0. The Bertz CT molecular complexity index is 105. The highest BCUT2D eigenvalue weighted by Gasteiger charge is 2.04. The Morgan fingerprint density at radius 1 is 1.75 bits per heavy atom. The van der Waals surface area contributed by atoms with Gasteiger partial charge in [-0.3, -0.25) is 4.79 Å². The van der Waals surface area contributed by atoms with Gasteiger partial charge in [-0.15, -0.1) is 0 Å². The quantitative estimate of drug-likeness (QED) is 0.499. The summed E-state index contributed by atoms with van der Waals surface area (Å²) in [6, 6.07) is 0. The summed E-state index contributed by atoms with van der Waals surface area (Å²) in [6.45, 7) is 2.91. The number of hydrogen-bond acceptors (Lipinski definition) is 1. The molecule has 0 aliphatic carbocycles. The van der Waals surface area contributed by atoms with E-state index in [0.29, 0.717) is 0 Å². The van der Waals surface area contributed by atoms with Gasteiger partial charge in [-0.25, -0.2) is 4.39 Å². The molecule has 0 N–H and O–H groups in total. The normalized spacial score (nSPS) is 14.4. The van der Waals surface area contributed by atoms with Crippen molar-refractivity contribution in [2.24, 2.45) is 0 Å². The van der Waals surface area contributed by atoms with Gasteiger partial charge in [0, 0.05) is 0 Å². The molecule has 0 radical (unpaired) electrons. The van der Waals surface area contributed by atoms with Gasteiger partial charge in [0.25, 0.3) is 0 Å². The van der Waals surface area contributed by atoms with Crippen molar-refractivity contribution >= 4 is 5.78 Å². The lowest BCUT2D eigenvalue weighted by atomic mass is 10.3. The molecule has 0 amide bonds. The SMILES string of the molecule is C/C=C\C(=O)C(C)F. The van der Waals surface area contributed by atoms with Crippen LogP contribution < -0.4 is 0 Å². The average Bonchev–Trinajstić information content (AvgIpc) is 1.67. The second kappa shape index (κ2) is 3.36. The molecule has 46 valence electrons. The Labute approximate surface area is 48.2 Å². The summed E-state index contributed by atoms with van der Waals surface area (Å²) in [5.74, 6) is -0.465. The first-order chi connectivity index (χ1) is 3.68. The smallest absolute Gasteiger partial charge is 0.189 e. The number of carbonyl (C=O) groups excluding carboxylic acids is 1. The standard InChI is InChI=1S/C6H9FO/c1-3-4-6(8)5(2)7/h3-5H,1-2H3/b4-3-. The van der Waals surface area contributed by atoms with E-state index in [0.717, 1.165) is 0 Å². The zero-order valence-electron chi connectivity index (χ0n) is 5.02. The molecule has 2 heteroatoms. The molecular weight excluding hydrogens is 107 g/mol. The predicted octanol–water partition coefficient (Wildman–Crippen LogP) is 1.49. The van der Waals surface area contributed by atoms with Crippen LogP contribution in [0.4, 0.5) is 4.39 Å². The van der Waals surface area contributed by atoms with Crippen LogP contribution in [0.1, 0.15) is 13.8 Å². The van der Waals surface area contributed by atoms with Gasteiger partial charge in [0.2, 0.25) is 0 Å². The van der Waals surface area contributed by atoms with Crippen molar-refractivity contribution < 1.29 is 9.18 Å². The topological polar surface area (TPSA) is 17.1 Å². The van der Waals surface area contributed by atoms with E-state index in [9.17, 15) is 9.18 Å². The van der Waals surface area contributed by atoms with Crippen molar-refractivity contribution in [3.63, 3.8) is 0 Å². The first-order valence-electron chi connectivity index (χ1n) is 2.49. The number of ketones is 1. The van der Waals surface area contributed by atoms with Gasteiger partial charge >= 0.3 is 0 Å². The van der Waals surface area contributed by atoms with E-state index < -0.39 is 12.0 Å². The predicted molar refractivity (Wildman–Crippen MR) is 30.4 cm³/mol. The summed E-state index contributed by atoms with van der Waals surface area (Å²) in [5, 5.41) is 0. The molecule has 0 saturated heterocycles. The average molecular weight is 116 g/mol. The Balaban J connectivity index is 3.66. The number of allylic oxidation sites excluding steroid dienone is 2. The fraction of sp³-hybridized carbons (Fsp3) is 0.500. The maximum absolute atomic E-state index is 11.9. The lowest BCUT2D eigenvalue weighted by Crippen LogP contribution is -2.06. The second-order valence-corrected chi connectivity index (χ2v) is 1.52. The van der Waals surface area contributed by atoms with Crippen LogP contribution in [0.25, 0.3) is 0 Å². The van der Waals surface area contributed by atoms with Gasteiger partial charge in [0.05, 0.1) is 0 Å². The zero-order valence-corrected chi connectivity index (χ0v) is 5.02. The summed E-state index contributed by atoms with van der Waals surface area (Å²) < 4.78 is 11.9. The fourth-order valence-electron chi connectivity index (χ4n) is 0.297. The summed E-state index contributed by atoms with van der Waals surface area (Å²) in [7, 11) is 0. The van der Waals surface area contributed by atoms with E-state index in [2.05, 4.69) is 0 Å². The molecule has 1 atom stereocenters. The minimum atomic E-state index is -1.36. The molecule has 0 aromatic rings. The van der Waals surface area contributed by atoms with Crippen LogP contribution in [-0.4, -0.2) is 12.0 Å². The van der Waals surface area contributed by atoms with E-state index in [1.54, 1.807) is 6.92 Å². The van der Waals surface area contributed by atoms with Gasteiger partial charge in [0.1, 0.15) is 0 Å². The molecular formula is C6H9FO. The Morgan fingerprint density at radius 3 is 2.38 bits per heavy atom. The number of carbonyl (C=O) groups is 1. The van der Waals surface area contributed by atoms with Crippen LogP contribution in [0.15, 0.2) is 12.2 Å². The van der Waals surface area contributed by atoms with Gasteiger partial charge in [0.15, 0.2) is 12.0 Å². The van der Waals surface area contributed by atoms with Gasteiger partial charge in [-0.05, 0) is 19.9 Å². The Hall–Kier alpha value is -0.660. The molecule has 0 heterocycles. The first-order valence-corrected chi connectivity index (χ1v) is 2.49. The largest absolute Gasteiger partial charge is 0.292 e. The van der Waals surface area contributed by atoms with Crippen LogP contribution in [-0.2, 0) is 4.79 Å². The molecule has 0 aromatic carbocycles. The highest BCUT2D eigenvalue weighted by molar-refractivity contribution is 5.92. The number of alkyl halides is 1. The van der Waals surface area contributed by atoms with Gasteiger partial charge in [-0.2, -0.15) is 0 Å². The molecule has 0 rings (SSSR count). The summed E-state index contributed by atoms with van der Waals surface area (Å²) in [4.78, 5) is 10.3. The lowest BCUT2D eigenvalue weighted by molar-refractivity contribution is -0.118. The van der Waals surface area contributed by atoms with Gasteiger partial charge in [-0.1, -0.05) is 6.08 Å². The minimum absolute atomic E-state index is 0.465. The van der Waals surface area contributed by atoms with Crippen LogP contribution in [0.2, 0.25) is 0 Å². The number of halogens is 1. The van der Waals surface area contributed by atoms with E-state index in [1.807, 2.05) is 0 Å². The maximum atomic E-state index is 11.9. The lowest BCUT2D eigenvalue weighted by Gasteiger charge is -1.89. The monoisotopic (exact) mass is 116 g/mol. The van der Waals surface area contributed by atoms with E-state index in [1.165, 1.54) is 19.1 Å². The van der Waals surface area contributed by atoms with Crippen molar-refractivity contribution in [2.75, 3.05) is 0 Å². The third-order valence-electron chi connectivity index (χ3n) is 0.723. The number of hydrogen-bond donors (Lipinski definition) is 0. The van der Waals surface area contributed by atoms with E-state index in [-0.39, 0.29) is 0 Å². The third kappa shape index (κ3) is 2.50. The van der Waals surface area contributed by atoms with Crippen LogP contribution in [0.5, 0.6) is 0 Å². The highest BCUT2D eigenvalue weighted by Crippen LogP contribution is 1.90. The maximum Gasteiger partial charge on any atom is 0.189 e. The summed E-state index contributed by atoms with van der Waals surface area (Å²) >= 11 is 0. The Kier molecular flexibility index (Phi) is 3.08. The summed E-state index contributed by atoms with van der Waals surface area (Å²) in [6.07, 6.45) is 1.40. The zero-order chi connectivity index (χ0) is 6.57. The molecule has 0 aromatic heterocycles. The van der Waals surface area contributed by atoms with Crippen molar-refractivity contribution in [3.05, 3.63) is 12.2 Å². The molecule has 0 fully saturated rings. The van der Waals surface area contributed by atoms with Crippen LogP contribution >= 0.6 is 0 Å². The minimum Gasteiger partial charge on any atom is -0.292 e. The van der Waals surface area contributed by atoms with E-state index >= 15 is 0 Å². The highest BCUT2D eigenvalue weighted by atomic mass is 19.1. The van der Waals surface area contributed by atoms with Gasteiger partial charge < -0.3 is 0 Å². The van der Waals surface area contributed by atoms with Crippen LogP contribution in [0.3, 0.4) is 0 Å². The fourth-order valence-corrected chi connectivity index (χ4v) is 0.297. The molecule has 1 unspecified atom stereocenters. The molecule has 0 saturated carbocycles. The molecule has 0 aliphatic heterocycles. The van der Waals surface area contributed by atoms with Crippen molar-refractivity contribution in [1.82, 2.24) is 0 Å². The third-order valence-corrected chi connectivity index (χ3v) is 0.723. The molecule has 8 heavy (non-hydrogen) atoms. The first kappa shape index (κ1) is 7.34. The molecule has 0 spiro atoms. The van der Waals surface area contributed by atoms with E-state index in [4.69, 9.17) is 0 Å². The second-order valence-electron chi connectivity index (χ2n) is 1.52. The molecule has 1 nitrogen and oxygen atoms in total. The molecule has 0 bridgehead atoms.